The molecule has 1 saturated carbocycles. The molecule has 0 saturated heterocycles. The zero-order chi connectivity index (χ0) is 32.0. The Morgan fingerprint density at radius 2 is 1.25 bits per heavy atom. The summed E-state index contributed by atoms with van der Waals surface area (Å²) >= 11 is 0. The van der Waals surface area contributed by atoms with Gasteiger partial charge in [0.1, 0.15) is 6.10 Å². The Balaban J connectivity index is 1.66. The van der Waals surface area contributed by atoms with Gasteiger partial charge in [-0.05, 0) is 59.5 Å². The average molecular weight is 607 g/mol. The van der Waals surface area contributed by atoms with Crippen LogP contribution < -0.4 is 0 Å². The number of carboxylic acids is 1. The number of aliphatic hydroxyl groups is 2. The van der Waals surface area contributed by atoms with Gasteiger partial charge in [0.05, 0.1) is 6.10 Å². The third-order valence-corrected chi connectivity index (χ3v) is 7.23. The molecule has 0 spiro atoms. The lowest BCUT2D eigenvalue weighted by Crippen LogP contribution is -2.65. The number of aromatic hydroxyl groups is 4. The first-order valence-electron chi connectivity index (χ1n) is 13.4. The summed E-state index contributed by atoms with van der Waals surface area (Å²) in [6.07, 6.45) is -1.51. The second-order valence-electron chi connectivity index (χ2n) is 10.3. The summed E-state index contributed by atoms with van der Waals surface area (Å²) in [6, 6.07) is 16.0. The molecule has 0 aliphatic heterocycles. The van der Waals surface area contributed by atoms with E-state index in [-0.39, 0.29) is 17.9 Å². The monoisotopic (exact) mass is 606 g/mol. The lowest BCUT2D eigenvalue weighted by molar-refractivity contribution is -0.223. The molecule has 0 radical (unpaired) electrons. The van der Waals surface area contributed by atoms with Crippen LogP contribution in [0.3, 0.4) is 0 Å². The van der Waals surface area contributed by atoms with Crippen molar-refractivity contribution in [2.75, 3.05) is 0 Å². The molecule has 0 amide bonds. The molecule has 4 rings (SSSR count). The Morgan fingerprint density at radius 3 is 1.73 bits per heavy atom. The van der Waals surface area contributed by atoms with Gasteiger partial charge in [0.15, 0.2) is 34.7 Å². The largest absolute Gasteiger partial charge is 0.504 e. The highest BCUT2D eigenvalue weighted by Gasteiger charge is 2.59. The normalized spacial score (nSPS) is 23.4. The van der Waals surface area contributed by atoms with Crippen molar-refractivity contribution >= 4 is 30.1 Å². The number of ether oxygens (including phenoxy) is 2. The Labute approximate surface area is 251 Å². The topological polar surface area (TPSA) is 211 Å². The molecule has 1 fully saturated rings. The molecule has 230 valence electrons. The maximum atomic E-state index is 13.0. The first kappa shape index (κ1) is 31.6. The second-order valence-corrected chi connectivity index (χ2v) is 10.3. The van der Waals surface area contributed by atoms with E-state index in [1.54, 1.807) is 30.3 Å². The van der Waals surface area contributed by atoms with E-state index in [2.05, 4.69) is 0 Å². The fourth-order valence-electron chi connectivity index (χ4n) is 4.96. The van der Waals surface area contributed by atoms with E-state index in [1.165, 1.54) is 48.6 Å². The van der Waals surface area contributed by atoms with Crippen LogP contribution in [0.15, 0.2) is 78.9 Å². The molecule has 5 atom stereocenters. The van der Waals surface area contributed by atoms with Crippen molar-refractivity contribution in [1.29, 1.82) is 0 Å². The average Bonchev–Trinajstić information content (AvgIpc) is 2.98. The summed E-state index contributed by atoms with van der Waals surface area (Å²) in [7, 11) is 0. The number of phenols is 4. The van der Waals surface area contributed by atoms with Crippen LogP contribution in [0.1, 0.15) is 23.1 Å². The molecular weight excluding hydrogens is 576 g/mol. The van der Waals surface area contributed by atoms with Gasteiger partial charge < -0.3 is 45.2 Å². The molecule has 3 aromatic rings. The van der Waals surface area contributed by atoms with E-state index >= 15 is 0 Å². The SMILES string of the molecule is O=C(/C=C/c1ccc(O)c(O)c1)O[C@@H]1[C@H](OC(=O)/C=C/c2ccc(O)c(O)c2)[C@@H](Cc2ccccc2)[C@@](O)(C(=O)O)C[C@H]1O. The van der Waals surface area contributed by atoms with Crippen LogP contribution >= 0.6 is 0 Å². The van der Waals surface area contributed by atoms with E-state index in [0.717, 1.165) is 12.2 Å². The zero-order valence-corrected chi connectivity index (χ0v) is 23.1. The molecule has 7 N–H and O–H groups in total. The van der Waals surface area contributed by atoms with Crippen LogP contribution in [0, 0.1) is 5.92 Å². The molecule has 1 aliphatic carbocycles. The van der Waals surface area contributed by atoms with Gasteiger partial charge in [-0.1, -0.05) is 42.5 Å². The quantitative estimate of drug-likeness (QED) is 0.106. The van der Waals surface area contributed by atoms with Crippen LogP contribution in [-0.4, -0.2) is 77.6 Å². The maximum absolute atomic E-state index is 13.0. The molecule has 3 aromatic carbocycles. The number of rotatable bonds is 9. The van der Waals surface area contributed by atoms with Crippen molar-refractivity contribution in [1.82, 2.24) is 0 Å². The molecule has 44 heavy (non-hydrogen) atoms. The van der Waals surface area contributed by atoms with E-state index in [1.807, 2.05) is 0 Å². The van der Waals surface area contributed by atoms with Crippen molar-refractivity contribution < 1.29 is 59.6 Å². The molecule has 0 heterocycles. The van der Waals surface area contributed by atoms with Crippen LogP contribution in [0.2, 0.25) is 0 Å². The summed E-state index contributed by atoms with van der Waals surface area (Å²) in [5, 5.41) is 70.7. The minimum absolute atomic E-state index is 0.138. The smallest absolute Gasteiger partial charge is 0.336 e. The lowest BCUT2D eigenvalue weighted by Gasteiger charge is -2.46. The highest BCUT2D eigenvalue weighted by Crippen LogP contribution is 2.40. The number of hydrogen-bond acceptors (Lipinski definition) is 11. The zero-order valence-electron chi connectivity index (χ0n) is 23.1. The van der Waals surface area contributed by atoms with Gasteiger partial charge in [0.2, 0.25) is 0 Å². The number of aliphatic carboxylic acids is 1. The first-order chi connectivity index (χ1) is 20.9. The van der Waals surface area contributed by atoms with Crippen molar-refractivity contribution in [3.8, 4) is 23.0 Å². The molecular formula is C32H30O12. The molecule has 0 unspecified atom stereocenters. The first-order valence-corrected chi connectivity index (χ1v) is 13.4. The number of carboxylic acid groups (broad SMARTS) is 1. The van der Waals surface area contributed by atoms with E-state index in [0.29, 0.717) is 16.7 Å². The number of aliphatic hydroxyl groups excluding tert-OH is 1. The van der Waals surface area contributed by atoms with E-state index < -0.39 is 65.7 Å². The number of phenolic OH excluding ortho intramolecular Hbond substituents is 4. The Morgan fingerprint density at radius 1 is 0.750 bits per heavy atom. The molecule has 12 nitrogen and oxygen atoms in total. The van der Waals surface area contributed by atoms with Gasteiger partial charge in [0.25, 0.3) is 0 Å². The highest BCUT2D eigenvalue weighted by atomic mass is 16.6. The number of esters is 2. The Hall–Kier alpha value is -5.33. The third-order valence-electron chi connectivity index (χ3n) is 7.23. The van der Waals surface area contributed by atoms with Gasteiger partial charge in [-0.15, -0.1) is 0 Å². The molecule has 12 heteroatoms. The summed E-state index contributed by atoms with van der Waals surface area (Å²) in [6.45, 7) is 0. The predicted molar refractivity (Wildman–Crippen MR) is 154 cm³/mol. The summed E-state index contributed by atoms with van der Waals surface area (Å²) in [5.41, 5.74) is -1.40. The third kappa shape index (κ3) is 7.35. The van der Waals surface area contributed by atoms with Crippen LogP contribution in [0.5, 0.6) is 23.0 Å². The Bertz CT molecular complexity index is 1580. The fourth-order valence-corrected chi connectivity index (χ4v) is 4.96. The minimum atomic E-state index is -2.59. The maximum Gasteiger partial charge on any atom is 0.336 e. The molecule has 0 bridgehead atoms. The van der Waals surface area contributed by atoms with E-state index in [9.17, 15) is 50.1 Å². The standard InChI is InChI=1S/C32H30O12/c33-22-10-6-19(15-24(22)35)8-12-27(38)43-29-21(14-18-4-2-1-3-5-18)32(42,31(40)41)17-26(37)30(29)44-28(39)13-9-20-7-11-23(34)25(36)16-20/h1-13,15-16,21,26,29-30,33-37,42H,14,17H2,(H,40,41)/b12-8+,13-9+/t21-,26-,29-,30+,32-/m1/s1. The highest BCUT2D eigenvalue weighted by molar-refractivity contribution is 5.88. The van der Waals surface area contributed by atoms with Gasteiger partial charge in [-0.2, -0.15) is 0 Å². The van der Waals surface area contributed by atoms with Gasteiger partial charge >= 0.3 is 17.9 Å². The van der Waals surface area contributed by atoms with Crippen LogP contribution in [0.25, 0.3) is 12.2 Å². The Kier molecular flexibility index (Phi) is 9.57. The van der Waals surface area contributed by atoms with Crippen molar-refractivity contribution in [3.05, 3.63) is 95.6 Å². The number of benzene rings is 3. The summed E-state index contributed by atoms with van der Waals surface area (Å²) in [4.78, 5) is 38.2. The molecule has 0 aromatic heterocycles. The summed E-state index contributed by atoms with van der Waals surface area (Å²) < 4.78 is 11.1. The van der Waals surface area contributed by atoms with Crippen LogP contribution in [0.4, 0.5) is 0 Å². The number of hydrogen-bond donors (Lipinski definition) is 7. The van der Waals surface area contributed by atoms with Crippen molar-refractivity contribution in [2.45, 2.75) is 36.8 Å². The fraction of sp³-hybridized carbons (Fsp3) is 0.219. The van der Waals surface area contributed by atoms with Gasteiger partial charge in [-0.3, -0.25) is 0 Å². The lowest BCUT2D eigenvalue weighted by atomic mass is 9.68. The van der Waals surface area contributed by atoms with E-state index in [4.69, 9.17) is 9.47 Å². The van der Waals surface area contributed by atoms with Gasteiger partial charge in [-0.25, -0.2) is 14.4 Å². The van der Waals surface area contributed by atoms with Crippen molar-refractivity contribution in [3.63, 3.8) is 0 Å². The second kappa shape index (κ2) is 13.3. The summed E-state index contributed by atoms with van der Waals surface area (Å²) in [5.74, 6) is -6.74. The molecule has 1 aliphatic rings. The van der Waals surface area contributed by atoms with Crippen molar-refractivity contribution in [2.24, 2.45) is 5.92 Å². The predicted octanol–water partition coefficient (Wildman–Crippen LogP) is 2.50. The van der Waals surface area contributed by atoms with Gasteiger partial charge in [0, 0.05) is 24.5 Å². The minimum Gasteiger partial charge on any atom is -0.504 e. The number of carbonyl (C=O) groups is 3. The van der Waals surface area contributed by atoms with Crippen LogP contribution in [-0.2, 0) is 30.3 Å². The number of carbonyl (C=O) groups excluding carboxylic acids is 2.